The average molecular weight is 283 g/mol. The predicted molar refractivity (Wildman–Crippen MR) is 74.3 cm³/mol. The summed E-state index contributed by atoms with van der Waals surface area (Å²) in [5, 5.41) is 9.35. The fourth-order valence-electron chi connectivity index (χ4n) is 3.14. The maximum atomic E-state index is 12.5. The van der Waals surface area contributed by atoms with Crippen LogP contribution in [0.2, 0.25) is 0 Å². The quantitative estimate of drug-likeness (QED) is 0.857. The molecule has 0 saturated carbocycles. The van der Waals surface area contributed by atoms with Crippen molar-refractivity contribution in [3.8, 4) is 0 Å². The Labute approximate surface area is 120 Å². The number of hydrogen-bond donors (Lipinski definition) is 1. The number of carboxylic acids is 1. The molecule has 2 fully saturated rings. The van der Waals surface area contributed by atoms with E-state index in [1.165, 1.54) is 0 Å². The van der Waals surface area contributed by atoms with Gasteiger partial charge in [-0.05, 0) is 45.4 Å². The average Bonchev–Trinajstić information content (AvgIpc) is 2.47. The third-order valence-corrected chi connectivity index (χ3v) is 4.88. The number of hydrogen-bond acceptors (Lipinski definition) is 3. The number of carbonyl (C=O) groups excluding carboxylic acids is 1. The first-order valence-corrected chi connectivity index (χ1v) is 7.53. The second kappa shape index (κ2) is 6.12. The maximum Gasteiger partial charge on any atom is 0.309 e. The molecule has 0 bridgehead atoms. The van der Waals surface area contributed by atoms with E-state index in [9.17, 15) is 14.7 Å². The smallest absolute Gasteiger partial charge is 0.309 e. The van der Waals surface area contributed by atoms with Crippen molar-refractivity contribution < 1.29 is 19.4 Å². The van der Waals surface area contributed by atoms with E-state index >= 15 is 0 Å². The Bertz CT molecular complexity index is 374. The molecule has 0 aromatic heterocycles. The van der Waals surface area contributed by atoms with E-state index in [-0.39, 0.29) is 17.7 Å². The molecule has 2 saturated heterocycles. The summed E-state index contributed by atoms with van der Waals surface area (Å²) in [7, 11) is 0. The molecule has 0 radical (unpaired) electrons. The van der Waals surface area contributed by atoms with Crippen molar-refractivity contribution in [2.45, 2.75) is 39.5 Å². The van der Waals surface area contributed by atoms with Gasteiger partial charge < -0.3 is 14.7 Å². The number of nitrogens with zero attached hydrogens (tertiary/aromatic N) is 1. The third-order valence-electron chi connectivity index (χ3n) is 4.88. The molecule has 1 unspecified atom stereocenters. The van der Waals surface area contributed by atoms with Crippen molar-refractivity contribution in [1.29, 1.82) is 0 Å². The van der Waals surface area contributed by atoms with Gasteiger partial charge >= 0.3 is 5.97 Å². The van der Waals surface area contributed by atoms with Crippen LogP contribution in [0.3, 0.4) is 0 Å². The number of rotatable bonds is 3. The molecule has 0 aliphatic carbocycles. The number of likely N-dealkylation sites (tertiary alicyclic amines) is 1. The lowest BCUT2D eigenvalue weighted by Gasteiger charge is -2.40. The molecule has 0 aromatic rings. The Morgan fingerprint density at radius 1 is 1.20 bits per heavy atom. The maximum absolute atomic E-state index is 12.5. The number of aliphatic carboxylic acids is 1. The highest BCUT2D eigenvalue weighted by molar-refractivity contribution is 5.79. The molecule has 2 heterocycles. The van der Waals surface area contributed by atoms with E-state index < -0.39 is 11.4 Å². The highest BCUT2D eigenvalue weighted by atomic mass is 16.5. The van der Waals surface area contributed by atoms with Crippen LogP contribution in [0.4, 0.5) is 0 Å². The van der Waals surface area contributed by atoms with Crippen LogP contribution in [-0.2, 0) is 14.3 Å². The molecule has 5 nitrogen and oxygen atoms in total. The summed E-state index contributed by atoms with van der Waals surface area (Å²) in [4.78, 5) is 25.8. The zero-order chi connectivity index (χ0) is 14.8. The Hall–Kier alpha value is -1.10. The summed E-state index contributed by atoms with van der Waals surface area (Å²) in [5.74, 6) is -0.477. The van der Waals surface area contributed by atoms with Crippen molar-refractivity contribution in [1.82, 2.24) is 4.90 Å². The summed E-state index contributed by atoms with van der Waals surface area (Å²) < 4.78 is 5.30. The van der Waals surface area contributed by atoms with Crippen LogP contribution in [-0.4, -0.2) is 48.2 Å². The minimum Gasteiger partial charge on any atom is -0.481 e. The Balaban J connectivity index is 1.99. The molecule has 20 heavy (non-hydrogen) atoms. The number of amides is 1. The molecule has 1 N–H and O–H groups in total. The molecule has 1 amide bonds. The standard InChI is InChI=1S/C15H25NO4/c1-15(2,14(18)19)12-4-3-7-16(10-12)13(17)11-5-8-20-9-6-11/h11-12H,3-10H2,1-2H3,(H,18,19). The Morgan fingerprint density at radius 2 is 1.85 bits per heavy atom. The van der Waals surface area contributed by atoms with Gasteiger partial charge in [-0.1, -0.05) is 0 Å². The molecule has 0 spiro atoms. The number of carboxylic acid groups (broad SMARTS) is 1. The summed E-state index contributed by atoms with van der Waals surface area (Å²) in [6.45, 7) is 6.20. The van der Waals surface area contributed by atoms with Gasteiger partial charge in [-0.2, -0.15) is 0 Å². The lowest BCUT2D eigenvalue weighted by Crippen LogP contribution is -2.49. The van der Waals surface area contributed by atoms with Gasteiger partial charge in [-0.25, -0.2) is 0 Å². The van der Waals surface area contributed by atoms with Gasteiger partial charge in [0.05, 0.1) is 5.41 Å². The lowest BCUT2D eigenvalue weighted by atomic mass is 9.74. The Morgan fingerprint density at radius 3 is 2.45 bits per heavy atom. The second-order valence-electron chi connectivity index (χ2n) is 6.54. The highest BCUT2D eigenvalue weighted by Crippen LogP contribution is 2.35. The van der Waals surface area contributed by atoms with Crippen LogP contribution in [0.5, 0.6) is 0 Å². The van der Waals surface area contributed by atoms with Gasteiger partial charge in [0.25, 0.3) is 0 Å². The predicted octanol–water partition coefficient (Wildman–Crippen LogP) is 1.76. The van der Waals surface area contributed by atoms with Gasteiger partial charge in [-0.3, -0.25) is 9.59 Å². The van der Waals surface area contributed by atoms with E-state index in [0.717, 1.165) is 32.2 Å². The van der Waals surface area contributed by atoms with Crippen molar-refractivity contribution in [2.24, 2.45) is 17.3 Å². The van der Waals surface area contributed by atoms with E-state index in [2.05, 4.69) is 0 Å². The molecule has 2 aliphatic heterocycles. The summed E-state index contributed by atoms with van der Waals surface area (Å²) in [5.41, 5.74) is -0.769. The third kappa shape index (κ3) is 3.14. The van der Waals surface area contributed by atoms with Gasteiger partial charge in [0.15, 0.2) is 0 Å². The first-order valence-electron chi connectivity index (χ1n) is 7.53. The molecular formula is C15H25NO4. The van der Waals surface area contributed by atoms with Crippen LogP contribution in [0.25, 0.3) is 0 Å². The number of piperidine rings is 1. The normalized spacial score (nSPS) is 25.5. The van der Waals surface area contributed by atoms with Gasteiger partial charge in [0.2, 0.25) is 5.91 Å². The largest absolute Gasteiger partial charge is 0.481 e. The molecule has 114 valence electrons. The minimum atomic E-state index is -0.775. The molecule has 2 rings (SSSR count). The molecule has 2 aliphatic rings. The molecule has 1 atom stereocenters. The lowest BCUT2D eigenvalue weighted by molar-refractivity contribution is -0.154. The van der Waals surface area contributed by atoms with Gasteiger partial charge in [0, 0.05) is 32.2 Å². The fourth-order valence-corrected chi connectivity index (χ4v) is 3.14. The first kappa shape index (κ1) is 15.3. The van der Waals surface area contributed by atoms with Gasteiger partial charge in [-0.15, -0.1) is 0 Å². The van der Waals surface area contributed by atoms with Crippen LogP contribution >= 0.6 is 0 Å². The van der Waals surface area contributed by atoms with Crippen molar-refractivity contribution in [3.63, 3.8) is 0 Å². The number of ether oxygens (including phenoxy) is 1. The Kier molecular flexibility index (Phi) is 4.68. The fraction of sp³-hybridized carbons (Fsp3) is 0.867. The van der Waals surface area contributed by atoms with Crippen molar-refractivity contribution in [3.05, 3.63) is 0 Å². The summed E-state index contributed by atoms with van der Waals surface area (Å²) >= 11 is 0. The topological polar surface area (TPSA) is 66.8 Å². The van der Waals surface area contributed by atoms with Crippen LogP contribution in [0, 0.1) is 17.3 Å². The minimum absolute atomic E-state index is 0.0394. The van der Waals surface area contributed by atoms with Crippen molar-refractivity contribution in [2.75, 3.05) is 26.3 Å². The SMILES string of the molecule is CC(C)(C(=O)O)C1CCCN(C(=O)C2CCOCC2)C1. The van der Waals surface area contributed by atoms with E-state index in [4.69, 9.17) is 4.74 Å². The van der Waals surface area contributed by atoms with E-state index in [1.807, 2.05) is 4.90 Å². The van der Waals surface area contributed by atoms with Crippen molar-refractivity contribution >= 4 is 11.9 Å². The zero-order valence-electron chi connectivity index (χ0n) is 12.4. The summed E-state index contributed by atoms with van der Waals surface area (Å²) in [6, 6.07) is 0. The molecule has 0 aromatic carbocycles. The first-order chi connectivity index (χ1) is 9.43. The zero-order valence-corrected chi connectivity index (χ0v) is 12.4. The van der Waals surface area contributed by atoms with E-state index in [1.54, 1.807) is 13.8 Å². The van der Waals surface area contributed by atoms with Crippen LogP contribution < -0.4 is 0 Å². The van der Waals surface area contributed by atoms with Crippen LogP contribution in [0.1, 0.15) is 39.5 Å². The number of carbonyl (C=O) groups is 2. The molecular weight excluding hydrogens is 258 g/mol. The monoisotopic (exact) mass is 283 g/mol. The van der Waals surface area contributed by atoms with E-state index in [0.29, 0.717) is 19.8 Å². The molecule has 5 heteroatoms. The highest BCUT2D eigenvalue weighted by Gasteiger charge is 2.40. The summed E-state index contributed by atoms with van der Waals surface area (Å²) in [6.07, 6.45) is 3.37. The van der Waals surface area contributed by atoms with Gasteiger partial charge in [0.1, 0.15) is 0 Å². The second-order valence-corrected chi connectivity index (χ2v) is 6.54. The van der Waals surface area contributed by atoms with Crippen LogP contribution in [0.15, 0.2) is 0 Å².